The van der Waals surface area contributed by atoms with Crippen LogP contribution < -0.4 is 14.4 Å². The Hall–Kier alpha value is -3.42. The lowest BCUT2D eigenvalue weighted by atomic mass is 9.90. The van der Waals surface area contributed by atoms with E-state index in [0.29, 0.717) is 36.8 Å². The second-order valence-corrected chi connectivity index (χ2v) is 8.16. The highest BCUT2D eigenvalue weighted by atomic mass is 16.6. The number of methoxy groups -OCH3 is 2. The van der Waals surface area contributed by atoms with Crippen LogP contribution in [-0.4, -0.2) is 50.6 Å². The molecule has 0 spiro atoms. The molecule has 0 aromatic heterocycles. The van der Waals surface area contributed by atoms with Gasteiger partial charge in [0.05, 0.1) is 39.2 Å². The molecule has 2 amide bonds. The molecule has 8 nitrogen and oxygen atoms in total. The SMILES string of the molecule is CCCOC(=O)N1c2cc(OC)c(OC)cc2C(N(Cc2ccccc2)C(=O)OCC)CC1C. The molecule has 34 heavy (non-hydrogen) atoms. The van der Waals surface area contributed by atoms with Gasteiger partial charge in [-0.05, 0) is 38.3 Å². The van der Waals surface area contributed by atoms with Crippen LogP contribution in [0.1, 0.15) is 50.8 Å². The summed E-state index contributed by atoms with van der Waals surface area (Å²) in [7, 11) is 3.11. The zero-order valence-electron chi connectivity index (χ0n) is 20.6. The maximum atomic E-state index is 13.1. The molecule has 3 rings (SSSR count). The van der Waals surface area contributed by atoms with Gasteiger partial charge in [-0.25, -0.2) is 9.59 Å². The van der Waals surface area contributed by atoms with E-state index in [4.69, 9.17) is 18.9 Å². The summed E-state index contributed by atoms with van der Waals surface area (Å²) < 4.78 is 22.0. The third-order valence-electron chi connectivity index (χ3n) is 5.86. The van der Waals surface area contributed by atoms with Crippen LogP contribution in [0, 0.1) is 0 Å². The Morgan fingerprint density at radius 3 is 2.32 bits per heavy atom. The summed E-state index contributed by atoms with van der Waals surface area (Å²) in [5, 5.41) is 0. The smallest absolute Gasteiger partial charge is 0.414 e. The first kappa shape index (κ1) is 25.2. The number of hydrogen-bond donors (Lipinski definition) is 0. The summed E-state index contributed by atoms with van der Waals surface area (Å²) in [4.78, 5) is 29.5. The van der Waals surface area contributed by atoms with Crippen molar-refractivity contribution in [3.05, 3.63) is 53.6 Å². The number of hydrogen-bond acceptors (Lipinski definition) is 6. The number of amides is 2. The first-order chi connectivity index (χ1) is 16.4. The molecule has 1 aliphatic heterocycles. The molecule has 0 N–H and O–H groups in total. The van der Waals surface area contributed by atoms with Crippen LogP contribution in [0.4, 0.5) is 15.3 Å². The Bertz CT molecular complexity index is 981. The molecule has 0 saturated carbocycles. The van der Waals surface area contributed by atoms with Crippen molar-refractivity contribution < 1.29 is 28.5 Å². The summed E-state index contributed by atoms with van der Waals surface area (Å²) in [5.74, 6) is 1.01. The molecule has 0 radical (unpaired) electrons. The van der Waals surface area contributed by atoms with Crippen molar-refractivity contribution in [2.45, 2.75) is 52.2 Å². The van der Waals surface area contributed by atoms with E-state index in [1.165, 1.54) is 0 Å². The maximum absolute atomic E-state index is 13.1. The van der Waals surface area contributed by atoms with Crippen molar-refractivity contribution >= 4 is 17.9 Å². The minimum Gasteiger partial charge on any atom is -0.493 e. The molecular weight excluding hydrogens is 436 g/mol. The van der Waals surface area contributed by atoms with Gasteiger partial charge in [0.25, 0.3) is 0 Å². The minimum atomic E-state index is -0.424. The molecule has 2 aromatic carbocycles. The van der Waals surface area contributed by atoms with Gasteiger partial charge in [0.1, 0.15) is 0 Å². The van der Waals surface area contributed by atoms with E-state index in [9.17, 15) is 9.59 Å². The van der Waals surface area contributed by atoms with Crippen molar-refractivity contribution in [2.24, 2.45) is 0 Å². The lowest BCUT2D eigenvalue weighted by Gasteiger charge is -2.42. The highest BCUT2D eigenvalue weighted by Gasteiger charge is 2.40. The van der Waals surface area contributed by atoms with Crippen LogP contribution in [0.15, 0.2) is 42.5 Å². The van der Waals surface area contributed by atoms with E-state index in [0.717, 1.165) is 17.5 Å². The molecule has 1 heterocycles. The van der Waals surface area contributed by atoms with Crippen LogP contribution in [0.3, 0.4) is 0 Å². The Kier molecular flexibility index (Phi) is 8.62. The number of anilines is 1. The first-order valence-electron chi connectivity index (χ1n) is 11.6. The average molecular weight is 471 g/mol. The van der Waals surface area contributed by atoms with Crippen LogP contribution in [-0.2, 0) is 16.0 Å². The Labute approximate surface area is 201 Å². The standard InChI is InChI=1S/C26H34N2O6/c1-6-13-34-26(30)28-18(3)14-21(20-15-23(31-4)24(32-5)16-22(20)28)27(25(29)33-7-2)17-19-11-9-8-10-12-19/h8-12,15-16,18,21H,6-7,13-14,17H2,1-5H3. The van der Waals surface area contributed by atoms with Gasteiger partial charge in [-0.2, -0.15) is 0 Å². The molecule has 0 bridgehead atoms. The summed E-state index contributed by atoms with van der Waals surface area (Å²) in [6, 6.07) is 12.8. The van der Waals surface area contributed by atoms with Gasteiger partial charge in [0.15, 0.2) is 11.5 Å². The third-order valence-corrected chi connectivity index (χ3v) is 5.86. The van der Waals surface area contributed by atoms with Crippen LogP contribution in [0.5, 0.6) is 11.5 Å². The topological polar surface area (TPSA) is 77.5 Å². The number of nitrogens with zero attached hydrogens (tertiary/aromatic N) is 2. The van der Waals surface area contributed by atoms with Gasteiger partial charge < -0.3 is 18.9 Å². The summed E-state index contributed by atoms with van der Waals surface area (Å²) in [5.41, 5.74) is 2.38. The van der Waals surface area contributed by atoms with E-state index < -0.39 is 12.2 Å². The fourth-order valence-electron chi connectivity index (χ4n) is 4.27. The van der Waals surface area contributed by atoms with Crippen molar-refractivity contribution in [3.8, 4) is 11.5 Å². The predicted octanol–water partition coefficient (Wildman–Crippen LogP) is 5.55. The van der Waals surface area contributed by atoms with Gasteiger partial charge in [-0.3, -0.25) is 9.80 Å². The summed E-state index contributed by atoms with van der Waals surface area (Å²) >= 11 is 0. The molecule has 0 aliphatic carbocycles. The van der Waals surface area contributed by atoms with Crippen molar-refractivity contribution in [3.63, 3.8) is 0 Å². The Morgan fingerprint density at radius 1 is 1.03 bits per heavy atom. The van der Waals surface area contributed by atoms with E-state index in [1.54, 1.807) is 37.0 Å². The van der Waals surface area contributed by atoms with Crippen LogP contribution in [0.2, 0.25) is 0 Å². The second kappa shape index (κ2) is 11.6. The molecule has 1 aliphatic rings. The number of rotatable bonds is 8. The van der Waals surface area contributed by atoms with Crippen molar-refractivity contribution in [1.29, 1.82) is 0 Å². The van der Waals surface area contributed by atoms with Gasteiger partial charge in [-0.1, -0.05) is 37.3 Å². The number of benzene rings is 2. The lowest BCUT2D eigenvalue weighted by Crippen LogP contribution is -2.47. The number of carbonyl (C=O) groups is 2. The predicted molar refractivity (Wildman–Crippen MR) is 129 cm³/mol. The molecule has 8 heteroatoms. The van der Waals surface area contributed by atoms with E-state index in [1.807, 2.05) is 50.2 Å². The highest BCUT2D eigenvalue weighted by molar-refractivity contribution is 5.91. The number of ether oxygens (including phenoxy) is 4. The van der Waals surface area contributed by atoms with Gasteiger partial charge in [-0.15, -0.1) is 0 Å². The van der Waals surface area contributed by atoms with Crippen LogP contribution in [0.25, 0.3) is 0 Å². The second-order valence-electron chi connectivity index (χ2n) is 8.16. The van der Waals surface area contributed by atoms with E-state index in [-0.39, 0.29) is 18.7 Å². The lowest BCUT2D eigenvalue weighted by molar-refractivity contribution is 0.0808. The Balaban J connectivity index is 2.12. The number of carbonyl (C=O) groups excluding carboxylic acids is 2. The van der Waals surface area contributed by atoms with Gasteiger partial charge in [0, 0.05) is 24.2 Å². The quantitative estimate of drug-likeness (QED) is 0.503. The Morgan fingerprint density at radius 2 is 1.71 bits per heavy atom. The van der Waals surface area contributed by atoms with Gasteiger partial charge >= 0.3 is 12.2 Å². The molecule has 0 fully saturated rings. The summed E-state index contributed by atoms with van der Waals surface area (Å²) in [6.07, 6.45) is 0.400. The normalized spacial score (nSPS) is 16.9. The highest BCUT2D eigenvalue weighted by Crippen LogP contribution is 2.46. The van der Waals surface area contributed by atoms with Crippen molar-refractivity contribution in [2.75, 3.05) is 32.3 Å². The fourth-order valence-corrected chi connectivity index (χ4v) is 4.27. The summed E-state index contributed by atoms with van der Waals surface area (Å²) in [6.45, 7) is 6.65. The monoisotopic (exact) mass is 470 g/mol. The fraction of sp³-hybridized carbons (Fsp3) is 0.462. The van der Waals surface area contributed by atoms with Gasteiger partial charge in [0.2, 0.25) is 0 Å². The third kappa shape index (κ3) is 5.38. The zero-order valence-corrected chi connectivity index (χ0v) is 20.6. The molecule has 184 valence electrons. The first-order valence-corrected chi connectivity index (χ1v) is 11.6. The molecule has 2 aromatic rings. The maximum Gasteiger partial charge on any atom is 0.414 e. The minimum absolute atomic E-state index is 0.229. The van der Waals surface area contributed by atoms with Crippen LogP contribution >= 0.6 is 0 Å². The zero-order chi connectivity index (χ0) is 24.7. The van der Waals surface area contributed by atoms with Crippen molar-refractivity contribution in [1.82, 2.24) is 4.90 Å². The molecular formula is C26H34N2O6. The molecule has 2 atom stereocenters. The average Bonchev–Trinajstić information content (AvgIpc) is 2.85. The molecule has 2 unspecified atom stereocenters. The number of fused-ring (bicyclic) bond motifs is 1. The largest absolute Gasteiger partial charge is 0.493 e. The van der Waals surface area contributed by atoms with E-state index in [2.05, 4.69) is 0 Å². The molecule has 0 saturated heterocycles. The van der Waals surface area contributed by atoms with E-state index >= 15 is 0 Å².